The molecule has 4 rings (SSSR count). The van der Waals surface area contributed by atoms with Crippen molar-refractivity contribution >= 4 is 37.5 Å². The lowest BCUT2D eigenvalue weighted by Gasteiger charge is -2.43. The fourth-order valence-corrected chi connectivity index (χ4v) is 4.98. The molecule has 2 aromatic carbocycles. The Balaban J connectivity index is 1.79. The molecular formula is C21H23Br2NO3. The van der Waals surface area contributed by atoms with E-state index in [1.165, 1.54) is 5.56 Å². The van der Waals surface area contributed by atoms with E-state index in [4.69, 9.17) is 9.47 Å². The molecule has 1 saturated heterocycles. The van der Waals surface area contributed by atoms with E-state index in [9.17, 15) is 5.11 Å². The third-order valence-electron chi connectivity index (χ3n) is 5.25. The molecular weight excluding hydrogens is 474 g/mol. The molecule has 0 aromatic heterocycles. The maximum Gasteiger partial charge on any atom is 0.143 e. The van der Waals surface area contributed by atoms with Crippen LogP contribution in [0, 0.1) is 0 Å². The van der Waals surface area contributed by atoms with Crippen LogP contribution in [-0.2, 0) is 14.9 Å². The maximum absolute atomic E-state index is 10.1. The molecule has 144 valence electrons. The van der Waals surface area contributed by atoms with Crippen molar-refractivity contribution in [2.24, 2.45) is 0 Å². The molecule has 2 aliphatic rings. The van der Waals surface area contributed by atoms with Gasteiger partial charge in [0.1, 0.15) is 18.0 Å². The normalized spacial score (nSPS) is 24.7. The molecule has 3 atom stereocenters. The van der Waals surface area contributed by atoms with E-state index >= 15 is 0 Å². The number of rotatable bonds is 1. The third-order valence-corrected chi connectivity index (χ3v) is 6.46. The zero-order valence-corrected chi connectivity index (χ0v) is 18.7. The fraction of sp³-hybridized carbons (Fsp3) is 0.429. The Morgan fingerprint density at radius 2 is 1.70 bits per heavy atom. The predicted octanol–water partition coefficient (Wildman–Crippen LogP) is 5.84. The minimum atomic E-state index is -0.134. The second-order valence-corrected chi connectivity index (χ2v) is 9.84. The van der Waals surface area contributed by atoms with Crippen LogP contribution in [0.4, 0.5) is 5.69 Å². The number of halogens is 2. The van der Waals surface area contributed by atoms with Gasteiger partial charge in [-0.2, -0.15) is 0 Å². The number of hydrogen-bond acceptors (Lipinski definition) is 4. The molecule has 2 aromatic rings. The summed E-state index contributed by atoms with van der Waals surface area (Å²) in [6.45, 7) is 7.82. The molecule has 27 heavy (non-hydrogen) atoms. The highest BCUT2D eigenvalue weighted by Gasteiger charge is 2.41. The predicted molar refractivity (Wildman–Crippen MR) is 113 cm³/mol. The Morgan fingerprint density at radius 1 is 1.04 bits per heavy atom. The van der Waals surface area contributed by atoms with E-state index in [1.54, 1.807) is 0 Å². The summed E-state index contributed by atoms with van der Waals surface area (Å²) >= 11 is 6.87. The van der Waals surface area contributed by atoms with Gasteiger partial charge in [-0.15, -0.1) is 0 Å². The van der Waals surface area contributed by atoms with E-state index < -0.39 is 0 Å². The molecule has 2 N–H and O–H groups in total. The van der Waals surface area contributed by atoms with Crippen LogP contribution in [0.3, 0.4) is 0 Å². The summed E-state index contributed by atoms with van der Waals surface area (Å²) in [5, 5.41) is 13.7. The Bertz CT molecular complexity index is 855. The van der Waals surface area contributed by atoms with Crippen LogP contribution in [0.2, 0.25) is 0 Å². The number of fused-ring (bicyclic) bond motifs is 3. The first kappa shape index (κ1) is 19.2. The van der Waals surface area contributed by atoms with Crippen LogP contribution >= 0.6 is 31.9 Å². The van der Waals surface area contributed by atoms with Crippen LogP contribution in [0.1, 0.15) is 49.6 Å². The average Bonchev–Trinajstić information content (AvgIpc) is 2.64. The van der Waals surface area contributed by atoms with Gasteiger partial charge in [-0.05, 0) is 66.6 Å². The second-order valence-electron chi connectivity index (χ2n) is 8.13. The van der Waals surface area contributed by atoms with Gasteiger partial charge in [0.15, 0.2) is 0 Å². The van der Waals surface area contributed by atoms with Gasteiger partial charge in [-0.1, -0.05) is 32.9 Å². The van der Waals surface area contributed by atoms with E-state index in [0.717, 1.165) is 16.8 Å². The fourth-order valence-electron chi connectivity index (χ4n) is 3.76. The van der Waals surface area contributed by atoms with Crippen LogP contribution in [0.5, 0.6) is 5.75 Å². The number of phenolic OH excluding ortho intramolecular Hbond substituents is 1. The van der Waals surface area contributed by atoms with Crippen molar-refractivity contribution in [2.45, 2.75) is 44.4 Å². The van der Waals surface area contributed by atoms with Crippen molar-refractivity contribution in [2.75, 3.05) is 18.5 Å². The Hall–Kier alpha value is -1.08. The zero-order chi connectivity index (χ0) is 19.3. The van der Waals surface area contributed by atoms with Gasteiger partial charge in [0.25, 0.3) is 0 Å². The average molecular weight is 497 g/mol. The molecule has 0 radical (unpaired) electrons. The lowest BCUT2D eigenvalue weighted by molar-refractivity contribution is -0.151. The number of anilines is 1. The van der Waals surface area contributed by atoms with E-state index in [2.05, 4.69) is 76.1 Å². The molecule has 0 spiro atoms. The highest BCUT2D eigenvalue weighted by molar-refractivity contribution is 9.11. The Morgan fingerprint density at radius 3 is 2.37 bits per heavy atom. The molecule has 0 aliphatic carbocycles. The minimum absolute atomic E-state index is 0.0727. The lowest BCUT2D eigenvalue weighted by atomic mass is 9.82. The quantitative estimate of drug-likeness (QED) is 0.520. The van der Waals surface area contributed by atoms with Gasteiger partial charge in [-0.25, -0.2) is 0 Å². The highest BCUT2D eigenvalue weighted by atomic mass is 79.9. The smallest absolute Gasteiger partial charge is 0.143 e. The molecule has 6 heteroatoms. The molecule has 0 unspecified atom stereocenters. The lowest BCUT2D eigenvalue weighted by Crippen LogP contribution is -2.43. The van der Waals surface area contributed by atoms with Crippen molar-refractivity contribution in [3.8, 4) is 5.75 Å². The summed E-state index contributed by atoms with van der Waals surface area (Å²) in [6.07, 6.45) is -0.251. The molecule has 1 fully saturated rings. The Kier molecular flexibility index (Phi) is 5.04. The first-order valence-electron chi connectivity index (χ1n) is 9.08. The monoisotopic (exact) mass is 495 g/mol. The second kappa shape index (κ2) is 7.07. The third kappa shape index (κ3) is 3.53. The van der Waals surface area contributed by atoms with Gasteiger partial charge >= 0.3 is 0 Å². The number of phenols is 1. The summed E-state index contributed by atoms with van der Waals surface area (Å²) in [4.78, 5) is 0. The molecule has 0 bridgehead atoms. The van der Waals surface area contributed by atoms with Crippen molar-refractivity contribution in [3.05, 3.63) is 56.0 Å². The van der Waals surface area contributed by atoms with Gasteiger partial charge in [-0.3, -0.25) is 0 Å². The van der Waals surface area contributed by atoms with Gasteiger partial charge < -0.3 is 19.9 Å². The van der Waals surface area contributed by atoms with Crippen LogP contribution in [0.25, 0.3) is 0 Å². The highest BCUT2D eigenvalue weighted by Crippen LogP contribution is 2.47. The molecule has 4 nitrogen and oxygen atoms in total. The Labute approximate surface area is 176 Å². The number of nitrogens with one attached hydrogen (secondary N) is 1. The molecule has 0 saturated carbocycles. The molecule has 2 aliphatic heterocycles. The molecule has 0 amide bonds. The zero-order valence-electron chi connectivity index (χ0n) is 15.6. The van der Waals surface area contributed by atoms with Crippen LogP contribution in [0.15, 0.2) is 39.3 Å². The van der Waals surface area contributed by atoms with Crippen molar-refractivity contribution < 1.29 is 14.6 Å². The van der Waals surface area contributed by atoms with Gasteiger partial charge in [0, 0.05) is 11.3 Å². The van der Waals surface area contributed by atoms with Crippen molar-refractivity contribution in [1.82, 2.24) is 0 Å². The van der Waals surface area contributed by atoms with Crippen molar-refractivity contribution in [3.63, 3.8) is 0 Å². The van der Waals surface area contributed by atoms with Crippen molar-refractivity contribution in [1.29, 1.82) is 0 Å². The summed E-state index contributed by atoms with van der Waals surface area (Å²) in [6, 6.07) is 10.4. The first-order valence-corrected chi connectivity index (χ1v) is 10.7. The maximum atomic E-state index is 10.1. The SMILES string of the molecule is CC(C)(C)c1ccc2c(c1)[C@H]1OCCO[C@H]1[C@H](c1cc(Br)c(O)c(Br)c1)N2. The van der Waals surface area contributed by atoms with Crippen LogP contribution in [-0.4, -0.2) is 24.4 Å². The number of hydrogen-bond donors (Lipinski definition) is 2. The van der Waals surface area contributed by atoms with E-state index in [0.29, 0.717) is 22.2 Å². The van der Waals surface area contributed by atoms with Crippen LogP contribution < -0.4 is 5.32 Å². The minimum Gasteiger partial charge on any atom is -0.506 e. The summed E-state index contributed by atoms with van der Waals surface area (Å²) in [5.74, 6) is 0.196. The van der Waals surface area contributed by atoms with Gasteiger partial charge in [0.2, 0.25) is 0 Å². The number of aromatic hydroxyl groups is 1. The summed E-state index contributed by atoms with van der Waals surface area (Å²) in [5.41, 5.74) is 4.60. The van der Waals surface area contributed by atoms with E-state index in [-0.39, 0.29) is 29.4 Å². The number of ether oxygens (including phenoxy) is 2. The summed E-state index contributed by atoms with van der Waals surface area (Å²) in [7, 11) is 0. The van der Waals surface area contributed by atoms with Gasteiger partial charge in [0.05, 0.1) is 28.2 Å². The standard InChI is InChI=1S/C21H23Br2NO3/c1-21(2,3)12-4-5-16-13(10-12)19-20(27-7-6-26-19)17(24-16)11-8-14(22)18(25)15(23)9-11/h4-5,8-10,17,19-20,24-25H,6-7H2,1-3H3/t17-,19+,20-/m0/s1. The number of benzene rings is 2. The van der Waals surface area contributed by atoms with E-state index in [1.807, 2.05) is 12.1 Å². The first-order chi connectivity index (χ1) is 12.8. The topological polar surface area (TPSA) is 50.7 Å². The largest absolute Gasteiger partial charge is 0.506 e. The summed E-state index contributed by atoms with van der Waals surface area (Å²) < 4.78 is 13.6. The molecule has 2 heterocycles.